The van der Waals surface area contributed by atoms with Crippen LogP contribution in [-0.4, -0.2) is 71.4 Å². The lowest BCUT2D eigenvalue weighted by molar-refractivity contribution is -0.142. The predicted octanol–water partition coefficient (Wildman–Crippen LogP) is 7.23. The van der Waals surface area contributed by atoms with Gasteiger partial charge in [0.1, 0.15) is 12.4 Å². The molecule has 0 unspecified atom stereocenters. The van der Waals surface area contributed by atoms with Gasteiger partial charge in [0.05, 0.1) is 28.4 Å². The standard InChI is InChI=1S/C41H46N2O8/c1-24(44)49-23-31-29-15-17-43(3)33-19-26-10-13-34(45-4)36(20-26)50-28-11-8-25(9-12-28)18-32-30-22-37(35(46-5)21-27(30)14-16-42(32)2)51-40(38(29)33)41(48-7)39(31)47-6/h8-13,20-22,32-33H,14-19,23H2,1-7H3/t32-,33-/m0/s1. The van der Waals surface area contributed by atoms with Crippen molar-refractivity contribution in [2.24, 2.45) is 0 Å². The van der Waals surface area contributed by atoms with Gasteiger partial charge in [0, 0.05) is 43.2 Å². The predicted molar refractivity (Wildman–Crippen MR) is 193 cm³/mol. The number of benzene rings is 4. The van der Waals surface area contributed by atoms with Gasteiger partial charge in [-0.15, -0.1) is 0 Å². The van der Waals surface area contributed by atoms with Crippen LogP contribution in [-0.2, 0) is 41.8 Å². The van der Waals surface area contributed by atoms with Gasteiger partial charge in [0.25, 0.3) is 0 Å². The van der Waals surface area contributed by atoms with E-state index in [0.717, 1.165) is 53.9 Å². The number of hydrogen-bond acceptors (Lipinski definition) is 10. The Morgan fingerprint density at radius 3 is 2.12 bits per heavy atom. The van der Waals surface area contributed by atoms with Crippen LogP contribution in [0.2, 0.25) is 0 Å². The van der Waals surface area contributed by atoms with Crippen LogP contribution in [0.25, 0.3) is 0 Å². The number of fused-ring (bicyclic) bond motifs is 2. The highest BCUT2D eigenvalue weighted by atomic mass is 16.6. The molecule has 4 aliphatic heterocycles. The molecule has 268 valence electrons. The Labute approximate surface area is 299 Å². The van der Waals surface area contributed by atoms with Crippen LogP contribution >= 0.6 is 0 Å². The van der Waals surface area contributed by atoms with Crippen LogP contribution in [0.3, 0.4) is 0 Å². The van der Waals surface area contributed by atoms with E-state index in [1.54, 1.807) is 28.4 Å². The summed E-state index contributed by atoms with van der Waals surface area (Å²) >= 11 is 0. The van der Waals surface area contributed by atoms with Crippen LogP contribution in [0.1, 0.15) is 58.0 Å². The second-order valence-corrected chi connectivity index (χ2v) is 13.5. The molecule has 0 aliphatic carbocycles. The van der Waals surface area contributed by atoms with Gasteiger partial charge in [0.15, 0.2) is 34.5 Å². The summed E-state index contributed by atoms with van der Waals surface area (Å²) in [5.41, 5.74) is 7.41. The van der Waals surface area contributed by atoms with Crippen molar-refractivity contribution in [2.45, 2.75) is 51.3 Å². The molecule has 0 radical (unpaired) electrons. The molecule has 51 heavy (non-hydrogen) atoms. The second kappa shape index (κ2) is 14.4. The van der Waals surface area contributed by atoms with Gasteiger partial charge in [-0.3, -0.25) is 14.6 Å². The summed E-state index contributed by atoms with van der Waals surface area (Å²) in [5, 5.41) is 0. The van der Waals surface area contributed by atoms with E-state index in [9.17, 15) is 4.79 Å². The molecule has 0 amide bonds. The molecule has 4 heterocycles. The molecule has 0 spiro atoms. The van der Waals surface area contributed by atoms with Gasteiger partial charge < -0.3 is 33.2 Å². The van der Waals surface area contributed by atoms with Crippen molar-refractivity contribution in [3.63, 3.8) is 0 Å². The molecule has 4 aromatic carbocycles. The first kappa shape index (κ1) is 34.5. The number of ether oxygens (including phenoxy) is 7. The van der Waals surface area contributed by atoms with Crippen molar-refractivity contribution in [1.29, 1.82) is 0 Å². The van der Waals surface area contributed by atoms with Gasteiger partial charge in [-0.25, -0.2) is 0 Å². The average molecular weight is 695 g/mol. The number of esters is 1. The highest BCUT2D eigenvalue weighted by Gasteiger charge is 2.37. The highest BCUT2D eigenvalue weighted by Crippen LogP contribution is 2.54. The molecule has 0 aromatic heterocycles. The zero-order valence-electron chi connectivity index (χ0n) is 30.5. The summed E-state index contributed by atoms with van der Waals surface area (Å²) in [6.07, 6.45) is 3.01. The van der Waals surface area contributed by atoms with Crippen LogP contribution in [0, 0.1) is 0 Å². The molecule has 0 fully saturated rings. The van der Waals surface area contributed by atoms with E-state index >= 15 is 0 Å². The largest absolute Gasteiger partial charge is 0.493 e. The van der Waals surface area contributed by atoms with E-state index in [0.29, 0.717) is 53.1 Å². The van der Waals surface area contributed by atoms with Gasteiger partial charge in [-0.2, -0.15) is 0 Å². The maximum atomic E-state index is 12.1. The quantitative estimate of drug-likeness (QED) is 0.193. The maximum absolute atomic E-state index is 12.1. The van der Waals surface area contributed by atoms with Crippen molar-refractivity contribution in [3.05, 3.63) is 93.5 Å². The number of rotatable bonds is 6. The Bertz CT molecular complexity index is 1940. The molecule has 8 rings (SSSR count). The molecular formula is C41H46N2O8. The van der Waals surface area contributed by atoms with E-state index < -0.39 is 0 Å². The lowest BCUT2D eigenvalue weighted by atomic mass is 9.84. The lowest BCUT2D eigenvalue weighted by Crippen LogP contribution is -2.35. The lowest BCUT2D eigenvalue weighted by Gasteiger charge is -2.38. The molecule has 0 N–H and O–H groups in total. The minimum atomic E-state index is -0.374. The molecular weight excluding hydrogens is 648 g/mol. The number of hydrogen-bond donors (Lipinski definition) is 0. The number of methoxy groups -OCH3 is 4. The minimum Gasteiger partial charge on any atom is -0.493 e. The summed E-state index contributed by atoms with van der Waals surface area (Å²) in [6, 6.07) is 18.6. The average Bonchev–Trinajstić information content (AvgIpc) is 3.13. The Balaban J connectivity index is 1.50. The molecule has 6 bridgehead atoms. The maximum Gasteiger partial charge on any atom is 0.302 e. The van der Waals surface area contributed by atoms with E-state index in [2.05, 4.69) is 54.2 Å². The van der Waals surface area contributed by atoms with Crippen LogP contribution in [0.4, 0.5) is 0 Å². The zero-order valence-corrected chi connectivity index (χ0v) is 30.5. The van der Waals surface area contributed by atoms with Gasteiger partial charge >= 0.3 is 5.97 Å². The number of carbonyl (C=O) groups excluding carboxylic acids is 1. The molecule has 0 saturated carbocycles. The van der Waals surface area contributed by atoms with Crippen molar-refractivity contribution < 1.29 is 38.0 Å². The molecule has 10 nitrogen and oxygen atoms in total. The molecule has 4 aliphatic rings. The Kier molecular flexibility index (Phi) is 9.72. The summed E-state index contributed by atoms with van der Waals surface area (Å²) in [6.45, 7) is 3.15. The fourth-order valence-corrected chi connectivity index (χ4v) is 7.83. The SMILES string of the molecule is COc1ccc2cc1Oc1ccc(cc1)C[C@H]1c3cc(c(OC)cc3CCN1C)Oc1c(OC)c(OC)c(COC(C)=O)c3c1[C@H](C2)N(C)CC3. The number of nitrogens with zero attached hydrogens (tertiary/aromatic N) is 2. The third-order valence-corrected chi connectivity index (χ3v) is 10.5. The molecule has 10 heteroatoms. The number of likely N-dealkylation sites (N-methyl/N-ethyl adjacent to an activating group) is 2. The van der Waals surface area contributed by atoms with Crippen LogP contribution in [0.15, 0.2) is 54.6 Å². The Morgan fingerprint density at radius 2 is 1.41 bits per heavy atom. The van der Waals surface area contributed by atoms with E-state index in [1.165, 1.54) is 23.6 Å². The van der Waals surface area contributed by atoms with Crippen LogP contribution in [0.5, 0.6) is 46.0 Å². The third-order valence-electron chi connectivity index (χ3n) is 10.5. The van der Waals surface area contributed by atoms with Gasteiger partial charge in [-0.1, -0.05) is 18.2 Å². The Morgan fingerprint density at radius 1 is 0.745 bits per heavy atom. The Hall–Kier alpha value is -4.93. The van der Waals surface area contributed by atoms with Crippen molar-refractivity contribution in [2.75, 3.05) is 55.6 Å². The monoisotopic (exact) mass is 694 g/mol. The third kappa shape index (κ3) is 6.54. The van der Waals surface area contributed by atoms with E-state index in [4.69, 9.17) is 33.2 Å². The first-order valence-electron chi connectivity index (χ1n) is 17.4. The summed E-state index contributed by atoms with van der Waals surface area (Å²) in [4.78, 5) is 16.8. The van der Waals surface area contributed by atoms with E-state index in [-0.39, 0.29) is 24.7 Å². The minimum absolute atomic E-state index is 0.0447. The summed E-state index contributed by atoms with van der Waals surface area (Å²) in [5.74, 6) is 4.35. The van der Waals surface area contributed by atoms with Crippen molar-refractivity contribution in [1.82, 2.24) is 9.80 Å². The zero-order chi connectivity index (χ0) is 35.8. The van der Waals surface area contributed by atoms with Crippen molar-refractivity contribution >= 4 is 5.97 Å². The summed E-state index contributed by atoms with van der Waals surface area (Å²) in [7, 11) is 10.8. The second-order valence-electron chi connectivity index (χ2n) is 13.5. The molecule has 0 saturated heterocycles. The number of carbonyl (C=O) groups is 1. The smallest absolute Gasteiger partial charge is 0.302 e. The summed E-state index contributed by atoms with van der Waals surface area (Å²) < 4.78 is 43.1. The topological polar surface area (TPSA) is 88.2 Å². The van der Waals surface area contributed by atoms with Gasteiger partial charge in [-0.05, 0) is 104 Å². The van der Waals surface area contributed by atoms with Crippen molar-refractivity contribution in [3.8, 4) is 46.0 Å². The fraction of sp³-hybridized carbons (Fsp3) is 0.390. The molecule has 2 atom stereocenters. The fourth-order valence-electron chi connectivity index (χ4n) is 7.83. The first-order valence-corrected chi connectivity index (χ1v) is 17.4. The van der Waals surface area contributed by atoms with Crippen LogP contribution < -0.4 is 28.4 Å². The van der Waals surface area contributed by atoms with E-state index in [1.807, 2.05) is 24.3 Å². The highest BCUT2D eigenvalue weighted by molar-refractivity contribution is 5.69. The normalized spacial score (nSPS) is 18.3. The molecule has 4 aromatic rings. The van der Waals surface area contributed by atoms with Gasteiger partial charge in [0.2, 0.25) is 5.75 Å². The first-order chi connectivity index (χ1) is 24.7.